The lowest BCUT2D eigenvalue weighted by Crippen LogP contribution is -1.89. The Kier molecular flexibility index (Phi) is 3.38. The predicted molar refractivity (Wildman–Crippen MR) is 99.2 cm³/mol. The highest BCUT2D eigenvalue weighted by molar-refractivity contribution is 5.90. The first-order valence-corrected chi connectivity index (χ1v) is 8.21. The summed E-state index contributed by atoms with van der Waals surface area (Å²) in [5, 5.41) is 0. The van der Waals surface area contributed by atoms with Gasteiger partial charge in [0.25, 0.3) is 0 Å². The highest BCUT2D eigenvalue weighted by Crippen LogP contribution is 2.42. The molecule has 1 aliphatic rings. The monoisotopic (exact) mass is 296 g/mol. The summed E-state index contributed by atoms with van der Waals surface area (Å²) in [6, 6.07) is 26.2. The molecule has 23 heavy (non-hydrogen) atoms. The zero-order valence-corrected chi connectivity index (χ0v) is 13.6. The first kappa shape index (κ1) is 14.0. The molecule has 0 heteroatoms. The smallest absolute Gasteiger partial charge is 0.0000969 e. The van der Waals surface area contributed by atoms with E-state index in [1.165, 1.54) is 39.0 Å². The molecular weight excluding hydrogens is 276 g/mol. The van der Waals surface area contributed by atoms with Gasteiger partial charge < -0.3 is 0 Å². The van der Waals surface area contributed by atoms with Crippen LogP contribution in [0.1, 0.15) is 18.1 Å². The fourth-order valence-corrected chi connectivity index (χ4v) is 3.26. The molecule has 1 aliphatic carbocycles. The molecule has 0 spiro atoms. The Morgan fingerprint density at radius 1 is 0.652 bits per heavy atom. The van der Waals surface area contributed by atoms with E-state index in [1.807, 2.05) is 0 Å². The average molecular weight is 296 g/mol. The molecule has 4 rings (SSSR count). The van der Waals surface area contributed by atoms with Crippen LogP contribution in [0.2, 0.25) is 0 Å². The van der Waals surface area contributed by atoms with E-state index in [2.05, 4.69) is 92.7 Å². The van der Waals surface area contributed by atoms with Crippen LogP contribution in [0, 0.1) is 12.8 Å². The van der Waals surface area contributed by atoms with Crippen molar-refractivity contribution in [2.45, 2.75) is 13.8 Å². The fraction of sp³-hybridized carbons (Fsp3) is 0.130. The number of allylic oxidation sites excluding steroid dienone is 2. The third-order valence-electron chi connectivity index (χ3n) is 4.68. The van der Waals surface area contributed by atoms with Crippen LogP contribution in [0.15, 0.2) is 78.9 Å². The van der Waals surface area contributed by atoms with Crippen LogP contribution in [-0.2, 0) is 0 Å². The number of hydrogen-bond donors (Lipinski definition) is 0. The van der Waals surface area contributed by atoms with E-state index in [0.717, 1.165) is 0 Å². The second-order valence-corrected chi connectivity index (χ2v) is 6.35. The van der Waals surface area contributed by atoms with E-state index in [-0.39, 0.29) is 0 Å². The van der Waals surface area contributed by atoms with Gasteiger partial charge in [-0.25, -0.2) is 0 Å². The second kappa shape index (κ2) is 5.55. The molecule has 0 heterocycles. The Balaban J connectivity index is 1.84. The SMILES string of the molecule is Cc1ccc(-c2ccccc2C2=CC2C)cc1-c1ccccc1. The Bertz CT molecular complexity index is 885. The van der Waals surface area contributed by atoms with Crippen molar-refractivity contribution in [2.75, 3.05) is 0 Å². The minimum absolute atomic E-state index is 0.621. The fourth-order valence-electron chi connectivity index (χ4n) is 3.26. The van der Waals surface area contributed by atoms with Crippen LogP contribution in [0.25, 0.3) is 27.8 Å². The van der Waals surface area contributed by atoms with Gasteiger partial charge in [-0.15, -0.1) is 0 Å². The maximum Gasteiger partial charge on any atom is -0.0000969 e. The first-order valence-electron chi connectivity index (χ1n) is 8.21. The number of benzene rings is 3. The van der Waals surface area contributed by atoms with E-state index >= 15 is 0 Å². The van der Waals surface area contributed by atoms with Gasteiger partial charge in [-0.05, 0) is 57.9 Å². The van der Waals surface area contributed by atoms with Crippen molar-refractivity contribution >= 4 is 5.57 Å². The van der Waals surface area contributed by atoms with Crippen molar-refractivity contribution in [3.63, 3.8) is 0 Å². The Morgan fingerprint density at radius 2 is 1.30 bits per heavy atom. The van der Waals surface area contributed by atoms with Gasteiger partial charge in [0.05, 0.1) is 0 Å². The number of rotatable bonds is 3. The first-order chi connectivity index (χ1) is 11.2. The van der Waals surface area contributed by atoms with Crippen LogP contribution < -0.4 is 0 Å². The van der Waals surface area contributed by atoms with Crippen LogP contribution in [0.4, 0.5) is 0 Å². The molecule has 0 aromatic heterocycles. The summed E-state index contributed by atoms with van der Waals surface area (Å²) < 4.78 is 0. The van der Waals surface area contributed by atoms with Crippen molar-refractivity contribution in [3.8, 4) is 22.3 Å². The Hall–Kier alpha value is -2.60. The van der Waals surface area contributed by atoms with Crippen molar-refractivity contribution in [1.82, 2.24) is 0 Å². The zero-order chi connectivity index (χ0) is 15.8. The molecule has 0 saturated carbocycles. The van der Waals surface area contributed by atoms with E-state index < -0.39 is 0 Å². The van der Waals surface area contributed by atoms with E-state index in [9.17, 15) is 0 Å². The molecule has 1 atom stereocenters. The molecule has 112 valence electrons. The van der Waals surface area contributed by atoms with Crippen molar-refractivity contribution in [3.05, 3.63) is 90.0 Å². The molecule has 0 N–H and O–H groups in total. The van der Waals surface area contributed by atoms with Crippen LogP contribution in [-0.4, -0.2) is 0 Å². The van der Waals surface area contributed by atoms with Crippen LogP contribution >= 0.6 is 0 Å². The van der Waals surface area contributed by atoms with Crippen molar-refractivity contribution < 1.29 is 0 Å². The summed E-state index contributed by atoms with van der Waals surface area (Å²) in [7, 11) is 0. The zero-order valence-electron chi connectivity index (χ0n) is 13.6. The molecule has 0 aliphatic heterocycles. The van der Waals surface area contributed by atoms with Gasteiger partial charge in [-0.3, -0.25) is 0 Å². The average Bonchev–Trinajstić information content (AvgIpc) is 3.33. The minimum Gasteiger partial charge on any atom is -0.0728 e. The highest BCUT2D eigenvalue weighted by Gasteiger charge is 2.23. The standard InChI is InChI=1S/C23H20/c1-16-12-13-19(15-22(16)18-8-4-3-5-9-18)20-10-6-7-11-21(20)23-14-17(23)2/h3-15,17H,1-2H3. The molecule has 0 saturated heterocycles. The quantitative estimate of drug-likeness (QED) is 0.527. The summed E-state index contributed by atoms with van der Waals surface area (Å²) in [5.74, 6) is 0.621. The summed E-state index contributed by atoms with van der Waals surface area (Å²) >= 11 is 0. The van der Waals surface area contributed by atoms with Gasteiger partial charge in [0.2, 0.25) is 0 Å². The van der Waals surface area contributed by atoms with E-state index in [0.29, 0.717) is 5.92 Å². The van der Waals surface area contributed by atoms with Gasteiger partial charge in [0.1, 0.15) is 0 Å². The normalized spacial score (nSPS) is 16.1. The van der Waals surface area contributed by atoms with Gasteiger partial charge in [0, 0.05) is 0 Å². The Labute approximate surface area is 138 Å². The molecule has 0 amide bonds. The number of hydrogen-bond acceptors (Lipinski definition) is 0. The number of aryl methyl sites for hydroxylation is 1. The molecule has 0 bridgehead atoms. The molecule has 0 fully saturated rings. The lowest BCUT2D eigenvalue weighted by molar-refractivity contribution is 1.10. The van der Waals surface area contributed by atoms with Gasteiger partial charge >= 0.3 is 0 Å². The summed E-state index contributed by atoms with van der Waals surface area (Å²) in [5.41, 5.74) is 9.39. The molecule has 0 radical (unpaired) electrons. The van der Waals surface area contributed by atoms with Crippen molar-refractivity contribution in [1.29, 1.82) is 0 Å². The summed E-state index contributed by atoms with van der Waals surface area (Å²) in [4.78, 5) is 0. The lowest BCUT2D eigenvalue weighted by atomic mass is 9.92. The highest BCUT2D eigenvalue weighted by atomic mass is 14.3. The lowest BCUT2D eigenvalue weighted by Gasteiger charge is -2.12. The summed E-state index contributed by atoms with van der Waals surface area (Å²) in [6.45, 7) is 4.44. The third kappa shape index (κ3) is 2.61. The largest absolute Gasteiger partial charge is 0.0728 e. The summed E-state index contributed by atoms with van der Waals surface area (Å²) in [6.07, 6.45) is 2.34. The topological polar surface area (TPSA) is 0 Å². The van der Waals surface area contributed by atoms with Gasteiger partial charge in [-0.1, -0.05) is 79.7 Å². The molecule has 3 aromatic carbocycles. The predicted octanol–water partition coefficient (Wildman–Crippen LogP) is 6.36. The van der Waals surface area contributed by atoms with E-state index in [1.54, 1.807) is 0 Å². The maximum atomic E-state index is 2.34. The van der Waals surface area contributed by atoms with Crippen LogP contribution in [0.5, 0.6) is 0 Å². The molecule has 1 unspecified atom stereocenters. The van der Waals surface area contributed by atoms with E-state index in [4.69, 9.17) is 0 Å². The third-order valence-corrected chi connectivity index (χ3v) is 4.68. The van der Waals surface area contributed by atoms with Crippen molar-refractivity contribution in [2.24, 2.45) is 5.92 Å². The van der Waals surface area contributed by atoms with Crippen LogP contribution in [0.3, 0.4) is 0 Å². The molecule has 3 aromatic rings. The van der Waals surface area contributed by atoms with Gasteiger partial charge in [-0.2, -0.15) is 0 Å². The second-order valence-electron chi connectivity index (χ2n) is 6.35. The maximum absolute atomic E-state index is 2.34. The molecule has 0 nitrogen and oxygen atoms in total. The Morgan fingerprint density at radius 3 is 2.00 bits per heavy atom. The van der Waals surface area contributed by atoms with Gasteiger partial charge in [0.15, 0.2) is 0 Å². The minimum atomic E-state index is 0.621. The molecular formula is C23H20.